The van der Waals surface area contributed by atoms with Gasteiger partial charge >= 0.3 is 0 Å². The molecule has 2 aromatic rings. The highest BCUT2D eigenvalue weighted by molar-refractivity contribution is 9.10. The van der Waals surface area contributed by atoms with Crippen LogP contribution in [0.2, 0.25) is 0 Å². The van der Waals surface area contributed by atoms with Gasteiger partial charge in [0.25, 0.3) is 0 Å². The van der Waals surface area contributed by atoms with Crippen molar-refractivity contribution in [2.45, 2.75) is 25.3 Å². The summed E-state index contributed by atoms with van der Waals surface area (Å²) in [4.78, 5) is 16.8. The fraction of sp³-hybridized carbons (Fsp3) is 0.235. The van der Waals surface area contributed by atoms with Gasteiger partial charge in [-0.25, -0.2) is 0 Å². The number of nitriles is 1. The number of hydrogen-bond acceptors (Lipinski definition) is 5. The Kier molecular flexibility index (Phi) is 4.30. The van der Waals surface area contributed by atoms with Crippen LogP contribution in [0, 0.1) is 11.3 Å². The molecule has 3 rings (SSSR count). The maximum atomic E-state index is 12.2. The average Bonchev–Trinajstić information content (AvgIpc) is 2.53. The lowest BCUT2D eigenvalue weighted by atomic mass is 9.92. The van der Waals surface area contributed by atoms with Crippen LogP contribution in [0.15, 0.2) is 42.9 Å². The number of halogens is 1. The normalized spacial score (nSPS) is 17.0. The number of anilines is 1. The molecule has 0 radical (unpaired) electrons. The predicted octanol–water partition coefficient (Wildman–Crippen LogP) is 2.83. The molecule has 1 aliphatic carbocycles. The molecule has 6 heteroatoms. The molecule has 5 nitrogen and oxygen atoms in total. The molecule has 1 heterocycles. The van der Waals surface area contributed by atoms with Crippen LogP contribution in [0.1, 0.15) is 28.9 Å². The Morgan fingerprint density at radius 1 is 1.48 bits per heavy atom. The van der Waals surface area contributed by atoms with Gasteiger partial charge in [-0.15, -0.1) is 0 Å². The van der Waals surface area contributed by atoms with Gasteiger partial charge in [0.15, 0.2) is 5.56 Å². The number of benzene rings is 1. The molecule has 1 aromatic heterocycles. The van der Waals surface area contributed by atoms with Crippen molar-refractivity contribution in [3.8, 4) is 6.07 Å². The highest BCUT2D eigenvalue weighted by atomic mass is 79.9. The van der Waals surface area contributed by atoms with E-state index in [-0.39, 0.29) is 22.9 Å². The van der Waals surface area contributed by atoms with Crippen molar-refractivity contribution in [1.29, 1.82) is 5.26 Å². The third-order valence-corrected chi connectivity index (χ3v) is 4.35. The molecule has 23 heavy (non-hydrogen) atoms. The number of nitrogens with two attached hydrogens (primary N) is 1. The zero-order chi connectivity index (χ0) is 16.4. The fourth-order valence-corrected chi connectivity index (χ4v) is 3.11. The minimum atomic E-state index is -0.305. The summed E-state index contributed by atoms with van der Waals surface area (Å²) in [6.45, 7) is 0. The van der Waals surface area contributed by atoms with Crippen LogP contribution in [-0.4, -0.2) is 12.3 Å². The molecule has 0 saturated heterocycles. The number of hydrogen-bond donors (Lipinski definition) is 1. The van der Waals surface area contributed by atoms with Crippen molar-refractivity contribution in [1.82, 2.24) is 0 Å². The smallest absolute Gasteiger partial charge is 0.212 e. The fourth-order valence-electron chi connectivity index (χ4n) is 2.69. The first kappa shape index (κ1) is 15.5. The number of aliphatic imine (C=N–C) groups is 1. The van der Waals surface area contributed by atoms with Gasteiger partial charge in [0.1, 0.15) is 11.8 Å². The molecule has 2 N–H and O–H groups in total. The van der Waals surface area contributed by atoms with Gasteiger partial charge in [0, 0.05) is 22.7 Å². The van der Waals surface area contributed by atoms with E-state index in [1.54, 1.807) is 0 Å². The first-order chi connectivity index (χ1) is 11.1. The van der Waals surface area contributed by atoms with E-state index < -0.39 is 0 Å². The van der Waals surface area contributed by atoms with E-state index in [0.29, 0.717) is 24.2 Å². The zero-order valence-electron chi connectivity index (χ0n) is 12.3. The van der Waals surface area contributed by atoms with E-state index in [9.17, 15) is 4.79 Å². The number of rotatable bonds is 2. The van der Waals surface area contributed by atoms with E-state index in [2.05, 4.69) is 20.9 Å². The molecule has 0 aliphatic heterocycles. The lowest BCUT2D eigenvalue weighted by Crippen LogP contribution is -2.26. The molecule has 0 unspecified atom stereocenters. The minimum absolute atomic E-state index is 0.0389. The highest BCUT2D eigenvalue weighted by Crippen LogP contribution is 2.24. The molecule has 116 valence electrons. The van der Waals surface area contributed by atoms with Crippen molar-refractivity contribution in [3.63, 3.8) is 0 Å². The standard InChI is InChI=1S/C17H14BrN3O2/c18-11-3-1-2-10(6-11)9-21-12-4-5-13-15(7-12)23-17(20)14(8-19)16(13)22/h1-3,6,9,12H,4-5,7,20H2/t12-/m0/s1. The molecule has 1 aliphatic rings. The van der Waals surface area contributed by atoms with E-state index in [1.807, 2.05) is 36.5 Å². The van der Waals surface area contributed by atoms with E-state index in [4.69, 9.17) is 15.4 Å². The summed E-state index contributed by atoms with van der Waals surface area (Å²) in [5.74, 6) is 0.446. The van der Waals surface area contributed by atoms with Gasteiger partial charge < -0.3 is 10.2 Å². The summed E-state index contributed by atoms with van der Waals surface area (Å²) < 4.78 is 6.48. The molecule has 1 aromatic carbocycles. The van der Waals surface area contributed by atoms with Crippen molar-refractivity contribution in [3.05, 3.63) is 61.4 Å². The third kappa shape index (κ3) is 3.20. The number of fused-ring (bicyclic) bond motifs is 1. The average molecular weight is 372 g/mol. The van der Waals surface area contributed by atoms with Gasteiger partial charge in [-0.1, -0.05) is 28.1 Å². The summed E-state index contributed by atoms with van der Waals surface area (Å²) in [5, 5.41) is 8.97. The van der Waals surface area contributed by atoms with Crippen LogP contribution in [-0.2, 0) is 12.8 Å². The van der Waals surface area contributed by atoms with Crippen molar-refractivity contribution < 1.29 is 4.42 Å². The largest absolute Gasteiger partial charge is 0.444 e. The Balaban J connectivity index is 1.84. The molecular formula is C17H14BrN3O2. The molecule has 0 amide bonds. The lowest BCUT2D eigenvalue weighted by molar-refractivity contribution is 0.439. The quantitative estimate of drug-likeness (QED) is 0.821. The predicted molar refractivity (Wildman–Crippen MR) is 91.7 cm³/mol. The molecule has 0 fully saturated rings. The molecular weight excluding hydrogens is 358 g/mol. The molecule has 0 saturated carbocycles. The Labute approximate surface area is 141 Å². The Hall–Kier alpha value is -2.39. The topological polar surface area (TPSA) is 92.4 Å². The Morgan fingerprint density at radius 3 is 3.04 bits per heavy atom. The molecule has 0 spiro atoms. The minimum Gasteiger partial charge on any atom is -0.444 e. The summed E-state index contributed by atoms with van der Waals surface area (Å²) in [5.41, 5.74) is 6.81. The van der Waals surface area contributed by atoms with Gasteiger partial charge in [0.05, 0.1) is 6.04 Å². The summed E-state index contributed by atoms with van der Waals surface area (Å²) >= 11 is 3.43. The monoisotopic (exact) mass is 371 g/mol. The maximum Gasteiger partial charge on any atom is 0.212 e. The summed E-state index contributed by atoms with van der Waals surface area (Å²) in [6.07, 6.45) is 3.64. The maximum absolute atomic E-state index is 12.2. The first-order valence-electron chi connectivity index (χ1n) is 7.21. The van der Waals surface area contributed by atoms with Crippen LogP contribution in [0.4, 0.5) is 5.88 Å². The third-order valence-electron chi connectivity index (χ3n) is 3.86. The van der Waals surface area contributed by atoms with Crippen molar-refractivity contribution in [2.75, 3.05) is 5.73 Å². The van der Waals surface area contributed by atoms with Crippen LogP contribution < -0.4 is 11.2 Å². The van der Waals surface area contributed by atoms with Crippen LogP contribution in [0.25, 0.3) is 0 Å². The Bertz CT molecular complexity index is 880. The van der Waals surface area contributed by atoms with E-state index in [1.165, 1.54) is 0 Å². The number of nitrogen functional groups attached to an aromatic ring is 1. The summed E-state index contributed by atoms with van der Waals surface area (Å²) in [6, 6.07) is 9.71. The van der Waals surface area contributed by atoms with Gasteiger partial charge in [-0.05, 0) is 30.5 Å². The number of nitrogens with zero attached hydrogens (tertiary/aromatic N) is 2. The first-order valence-corrected chi connectivity index (χ1v) is 8.01. The van der Waals surface area contributed by atoms with Crippen LogP contribution in [0.5, 0.6) is 0 Å². The van der Waals surface area contributed by atoms with Gasteiger partial charge in [0.2, 0.25) is 11.3 Å². The molecule has 1 atom stereocenters. The Morgan fingerprint density at radius 2 is 2.30 bits per heavy atom. The zero-order valence-corrected chi connectivity index (χ0v) is 13.8. The van der Waals surface area contributed by atoms with Crippen LogP contribution in [0.3, 0.4) is 0 Å². The second-order valence-corrected chi connectivity index (χ2v) is 6.33. The second-order valence-electron chi connectivity index (χ2n) is 5.41. The SMILES string of the molecule is N#Cc1c(N)oc2c(c1=O)CC[C@H](N=Cc1cccc(Br)c1)C2. The van der Waals surface area contributed by atoms with Crippen LogP contribution >= 0.6 is 15.9 Å². The van der Waals surface area contributed by atoms with Gasteiger partial charge in [-0.3, -0.25) is 9.79 Å². The molecule has 0 bridgehead atoms. The van der Waals surface area contributed by atoms with E-state index in [0.717, 1.165) is 16.5 Å². The van der Waals surface area contributed by atoms with Crippen molar-refractivity contribution in [2.24, 2.45) is 4.99 Å². The summed E-state index contributed by atoms with van der Waals surface area (Å²) in [7, 11) is 0. The van der Waals surface area contributed by atoms with E-state index >= 15 is 0 Å². The van der Waals surface area contributed by atoms with Crippen molar-refractivity contribution >= 4 is 28.0 Å². The van der Waals surface area contributed by atoms with Gasteiger partial charge in [-0.2, -0.15) is 5.26 Å². The lowest BCUT2D eigenvalue weighted by Gasteiger charge is -2.20. The second kappa shape index (κ2) is 6.39. The highest BCUT2D eigenvalue weighted by Gasteiger charge is 2.25.